The van der Waals surface area contributed by atoms with Gasteiger partial charge in [0.1, 0.15) is 0 Å². The lowest BCUT2D eigenvalue weighted by Crippen LogP contribution is -2.22. The van der Waals surface area contributed by atoms with E-state index in [1.54, 1.807) is 0 Å². The second kappa shape index (κ2) is 6.89. The molecular formula is C17H27N3. The Labute approximate surface area is 122 Å². The van der Waals surface area contributed by atoms with Gasteiger partial charge in [-0.3, -0.25) is 4.68 Å². The Morgan fingerprint density at radius 1 is 1.20 bits per heavy atom. The van der Waals surface area contributed by atoms with Crippen molar-refractivity contribution in [2.24, 2.45) is 18.9 Å². The fraction of sp³-hybridized carbons (Fsp3) is 0.588. The minimum absolute atomic E-state index is 0.660. The normalized spacial score (nSPS) is 13.2. The van der Waals surface area contributed by atoms with Gasteiger partial charge in [0.25, 0.3) is 0 Å². The van der Waals surface area contributed by atoms with Crippen molar-refractivity contribution < 1.29 is 0 Å². The average molecular weight is 273 g/mol. The molecule has 0 spiro atoms. The number of benzene rings is 1. The molecule has 1 atom stereocenters. The molecule has 2 rings (SSSR count). The maximum absolute atomic E-state index is 4.68. The zero-order valence-electron chi connectivity index (χ0n) is 13.2. The van der Waals surface area contributed by atoms with E-state index >= 15 is 0 Å². The maximum atomic E-state index is 4.68. The van der Waals surface area contributed by atoms with Crippen LogP contribution >= 0.6 is 0 Å². The topological polar surface area (TPSA) is 29.9 Å². The fourth-order valence-electron chi connectivity index (χ4n) is 2.61. The van der Waals surface area contributed by atoms with Crippen molar-refractivity contribution in [3.63, 3.8) is 0 Å². The molecule has 3 nitrogen and oxygen atoms in total. The third-order valence-corrected chi connectivity index (χ3v) is 3.74. The van der Waals surface area contributed by atoms with Crippen LogP contribution in [0.5, 0.6) is 0 Å². The predicted octanol–water partition coefficient (Wildman–Crippen LogP) is 3.39. The van der Waals surface area contributed by atoms with Crippen LogP contribution < -0.4 is 5.32 Å². The van der Waals surface area contributed by atoms with Crippen LogP contribution in [0.15, 0.2) is 24.3 Å². The smallest absolute Gasteiger partial charge is 0.0705 e. The lowest BCUT2D eigenvalue weighted by atomic mass is 10.00. The molecule has 0 aliphatic carbocycles. The number of nitrogens with zero attached hydrogens (tertiary/aromatic N) is 2. The highest BCUT2D eigenvalue weighted by molar-refractivity contribution is 5.81. The molecule has 0 saturated carbocycles. The number of hydrogen-bond donors (Lipinski definition) is 1. The molecule has 1 aromatic heterocycles. The highest BCUT2D eigenvalue weighted by atomic mass is 15.3. The first-order chi connectivity index (χ1) is 9.58. The molecule has 2 aromatic rings. The standard InChI is InChI=1S/C17H27N3/c1-13(2)12-18-10-9-14(3)11-16-15-7-5-6-8-17(15)20(4)19-16/h5-8,13-14,18H,9-12H2,1-4H3. The maximum Gasteiger partial charge on any atom is 0.0705 e. The molecule has 20 heavy (non-hydrogen) atoms. The second-order valence-corrected chi connectivity index (χ2v) is 6.28. The average Bonchev–Trinajstić information content (AvgIpc) is 2.72. The molecule has 0 radical (unpaired) electrons. The molecule has 0 bridgehead atoms. The van der Waals surface area contributed by atoms with E-state index in [0.717, 1.165) is 25.4 Å². The monoisotopic (exact) mass is 273 g/mol. The minimum atomic E-state index is 0.660. The molecule has 3 heteroatoms. The molecule has 0 fully saturated rings. The van der Waals surface area contributed by atoms with E-state index in [2.05, 4.69) is 55.5 Å². The highest BCUT2D eigenvalue weighted by Crippen LogP contribution is 2.21. The van der Waals surface area contributed by atoms with Crippen molar-refractivity contribution in [3.05, 3.63) is 30.0 Å². The number of rotatable bonds is 7. The van der Waals surface area contributed by atoms with Gasteiger partial charge in [0, 0.05) is 12.4 Å². The van der Waals surface area contributed by atoms with E-state index in [0.29, 0.717) is 5.92 Å². The Morgan fingerprint density at radius 2 is 1.95 bits per heavy atom. The summed E-state index contributed by atoms with van der Waals surface area (Å²) in [5.41, 5.74) is 2.46. The predicted molar refractivity (Wildman–Crippen MR) is 85.9 cm³/mol. The largest absolute Gasteiger partial charge is 0.316 e. The van der Waals surface area contributed by atoms with Crippen LogP contribution in [0.4, 0.5) is 0 Å². The molecule has 1 heterocycles. The Hall–Kier alpha value is -1.35. The van der Waals surface area contributed by atoms with Crippen LogP contribution in [0, 0.1) is 11.8 Å². The van der Waals surface area contributed by atoms with Crippen LogP contribution in [-0.2, 0) is 13.5 Å². The first-order valence-electron chi connectivity index (χ1n) is 7.69. The van der Waals surface area contributed by atoms with Crippen LogP contribution in [-0.4, -0.2) is 22.9 Å². The Kier molecular flexibility index (Phi) is 5.18. The number of aryl methyl sites for hydroxylation is 1. The van der Waals surface area contributed by atoms with Crippen molar-refractivity contribution in [2.45, 2.75) is 33.6 Å². The summed E-state index contributed by atoms with van der Waals surface area (Å²) in [6, 6.07) is 8.50. The lowest BCUT2D eigenvalue weighted by Gasteiger charge is -2.12. The van der Waals surface area contributed by atoms with E-state index in [9.17, 15) is 0 Å². The highest BCUT2D eigenvalue weighted by Gasteiger charge is 2.11. The van der Waals surface area contributed by atoms with Crippen molar-refractivity contribution in [1.82, 2.24) is 15.1 Å². The third kappa shape index (κ3) is 3.83. The van der Waals surface area contributed by atoms with Gasteiger partial charge in [-0.25, -0.2) is 0 Å². The van der Waals surface area contributed by atoms with Crippen LogP contribution in [0.3, 0.4) is 0 Å². The van der Waals surface area contributed by atoms with Gasteiger partial charge in [-0.05, 0) is 43.8 Å². The Morgan fingerprint density at radius 3 is 2.70 bits per heavy atom. The van der Waals surface area contributed by atoms with Gasteiger partial charge in [-0.1, -0.05) is 39.0 Å². The zero-order valence-corrected chi connectivity index (χ0v) is 13.2. The van der Waals surface area contributed by atoms with Crippen LogP contribution in [0.2, 0.25) is 0 Å². The third-order valence-electron chi connectivity index (χ3n) is 3.74. The number of aromatic nitrogens is 2. The van der Waals surface area contributed by atoms with Gasteiger partial charge >= 0.3 is 0 Å². The molecule has 1 aromatic carbocycles. The van der Waals surface area contributed by atoms with Gasteiger partial charge in [0.15, 0.2) is 0 Å². The summed E-state index contributed by atoms with van der Waals surface area (Å²) in [5.74, 6) is 1.39. The van der Waals surface area contributed by atoms with Gasteiger partial charge in [-0.15, -0.1) is 0 Å². The molecule has 0 aliphatic rings. The SMILES string of the molecule is CC(C)CNCCC(C)Cc1nn(C)c2ccccc12. The van der Waals surface area contributed by atoms with Gasteiger partial charge in [0.2, 0.25) is 0 Å². The molecule has 0 saturated heterocycles. The van der Waals surface area contributed by atoms with Crippen LogP contribution in [0.25, 0.3) is 10.9 Å². The van der Waals surface area contributed by atoms with E-state index in [-0.39, 0.29) is 0 Å². The summed E-state index contributed by atoms with van der Waals surface area (Å²) in [5, 5.41) is 9.50. The van der Waals surface area contributed by atoms with E-state index in [1.807, 2.05) is 11.7 Å². The van der Waals surface area contributed by atoms with E-state index < -0.39 is 0 Å². The van der Waals surface area contributed by atoms with E-state index in [4.69, 9.17) is 0 Å². The summed E-state index contributed by atoms with van der Waals surface area (Å²) in [7, 11) is 2.03. The fourth-order valence-corrected chi connectivity index (χ4v) is 2.61. The number of para-hydroxylation sites is 1. The van der Waals surface area contributed by atoms with Crippen molar-refractivity contribution >= 4 is 10.9 Å². The van der Waals surface area contributed by atoms with Crippen molar-refractivity contribution in [1.29, 1.82) is 0 Å². The summed E-state index contributed by atoms with van der Waals surface area (Å²) in [4.78, 5) is 0. The van der Waals surface area contributed by atoms with Crippen LogP contribution in [0.1, 0.15) is 32.9 Å². The molecule has 110 valence electrons. The molecule has 1 unspecified atom stereocenters. The molecule has 0 aliphatic heterocycles. The summed E-state index contributed by atoms with van der Waals surface area (Å²) in [6.45, 7) is 9.02. The Balaban J connectivity index is 1.91. The molecule has 1 N–H and O–H groups in total. The minimum Gasteiger partial charge on any atom is -0.316 e. The first kappa shape index (κ1) is 15.0. The van der Waals surface area contributed by atoms with Gasteiger partial charge in [-0.2, -0.15) is 5.10 Å². The summed E-state index contributed by atoms with van der Waals surface area (Å²) in [6.07, 6.45) is 2.27. The van der Waals surface area contributed by atoms with Crippen molar-refractivity contribution in [2.75, 3.05) is 13.1 Å². The van der Waals surface area contributed by atoms with Gasteiger partial charge in [0.05, 0.1) is 11.2 Å². The van der Waals surface area contributed by atoms with Gasteiger partial charge < -0.3 is 5.32 Å². The number of fused-ring (bicyclic) bond motifs is 1. The number of hydrogen-bond acceptors (Lipinski definition) is 2. The molecule has 0 amide bonds. The Bertz CT molecular complexity index is 542. The van der Waals surface area contributed by atoms with Crippen molar-refractivity contribution in [3.8, 4) is 0 Å². The molecular weight excluding hydrogens is 246 g/mol. The number of nitrogens with one attached hydrogen (secondary N) is 1. The zero-order chi connectivity index (χ0) is 14.5. The second-order valence-electron chi connectivity index (χ2n) is 6.28. The first-order valence-corrected chi connectivity index (χ1v) is 7.69. The summed E-state index contributed by atoms with van der Waals surface area (Å²) < 4.78 is 1.99. The quantitative estimate of drug-likeness (QED) is 0.784. The lowest BCUT2D eigenvalue weighted by molar-refractivity contribution is 0.470. The summed E-state index contributed by atoms with van der Waals surface area (Å²) >= 11 is 0. The van der Waals surface area contributed by atoms with E-state index in [1.165, 1.54) is 23.0 Å².